The molecule has 1 aliphatic heterocycles. The number of amides is 1. The topological polar surface area (TPSA) is 134 Å². The van der Waals surface area contributed by atoms with Crippen LogP contribution in [0.2, 0.25) is 0 Å². The number of rotatable bonds is 2. The summed E-state index contributed by atoms with van der Waals surface area (Å²) in [5.41, 5.74) is 5.70. The van der Waals surface area contributed by atoms with Crippen LogP contribution < -0.4 is 26.1 Å². The van der Waals surface area contributed by atoms with Crippen LogP contribution in [0.3, 0.4) is 0 Å². The molecule has 1 aromatic carbocycles. The zero-order valence-electron chi connectivity index (χ0n) is 17.3. The average Bonchev–Trinajstić information content (AvgIpc) is 2.82. The van der Waals surface area contributed by atoms with Gasteiger partial charge in [-0.05, 0) is 25.0 Å². The smallest absolute Gasteiger partial charge is 0.262 e. The van der Waals surface area contributed by atoms with Crippen molar-refractivity contribution in [3.05, 3.63) is 40.4 Å². The van der Waals surface area contributed by atoms with Gasteiger partial charge in [0.1, 0.15) is 5.52 Å². The van der Waals surface area contributed by atoms with E-state index in [1.807, 2.05) is 0 Å². The highest BCUT2D eigenvalue weighted by Crippen LogP contribution is 2.35. The van der Waals surface area contributed by atoms with Gasteiger partial charge < -0.3 is 15.2 Å². The van der Waals surface area contributed by atoms with Crippen molar-refractivity contribution in [2.45, 2.75) is 32.1 Å². The average molecular weight is 424 g/mol. The second kappa shape index (κ2) is 8.99. The molecular weight excluding hydrogens is 400 g/mol. The second-order valence-electron chi connectivity index (χ2n) is 7.34. The normalized spacial score (nSPS) is 14.6. The molecule has 0 atom stereocenters. The molecule has 0 unspecified atom stereocenters. The number of nitrogens with zero attached hydrogens (tertiary/aromatic N) is 4. The Balaban J connectivity index is 1.75. The van der Waals surface area contributed by atoms with Gasteiger partial charge in [0, 0.05) is 19.4 Å². The minimum Gasteiger partial charge on any atom is -0.490 e. The predicted molar refractivity (Wildman–Crippen MR) is 115 cm³/mol. The summed E-state index contributed by atoms with van der Waals surface area (Å²) in [6, 6.07) is 3.41. The lowest BCUT2D eigenvalue weighted by atomic mass is 10.1. The van der Waals surface area contributed by atoms with E-state index >= 15 is 0 Å². The highest BCUT2D eigenvalue weighted by Gasteiger charge is 2.19. The van der Waals surface area contributed by atoms with Crippen LogP contribution in [0.4, 0.5) is 11.9 Å². The summed E-state index contributed by atoms with van der Waals surface area (Å²) in [7, 11) is 1.54. The van der Waals surface area contributed by atoms with E-state index in [4.69, 9.17) is 15.2 Å². The van der Waals surface area contributed by atoms with Crippen molar-refractivity contribution < 1.29 is 14.3 Å². The van der Waals surface area contributed by atoms with Crippen molar-refractivity contribution in [3.63, 3.8) is 0 Å². The number of aromatic nitrogens is 4. The largest absolute Gasteiger partial charge is 0.490 e. The molecule has 31 heavy (non-hydrogen) atoms. The maximum atomic E-state index is 13.0. The third kappa shape index (κ3) is 4.42. The van der Waals surface area contributed by atoms with Crippen molar-refractivity contribution >= 4 is 28.7 Å². The summed E-state index contributed by atoms with van der Waals surface area (Å²) in [6.45, 7) is 1.06. The van der Waals surface area contributed by atoms with Gasteiger partial charge in [-0.2, -0.15) is 0 Å². The first kappa shape index (κ1) is 20.6. The second-order valence-corrected chi connectivity index (χ2v) is 7.34. The Kier molecular flexibility index (Phi) is 5.96. The van der Waals surface area contributed by atoms with E-state index < -0.39 is 5.91 Å². The Morgan fingerprint density at radius 1 is 1.06 bits per heavy atom. The molecular formula is C21H24N6O4. The number of hydrogen-bond acceptors (Lipinski definition) is 8. The van der Waals surface area contributed by atoms with Gasteiger partial charge in [0.25, 0.3) is 11.5 Å². The van der Waals surface area contributed by atoms with Crippen LogP contribution in [0.15, 0.2) is 29.3 Å². The molecule has 3 heterocycles. The quantitative estimate of drug-likeness (QED) is 0.640. The van der Waals surface area contributed by atoms with Gasteiger partial charge in [0.15, 0.2) is 11.5 Å². The Morgan fingerprint density at radius 3 is 2.48 bits per heavy atom. The van der Waals surface area contributed by atoms with Crippen LogP contribution in [-0.4, -0.2) is 38.6 Å². The van der Waals surface area contributed by atoms with Crippen molar-refractivity contribution in [2.24, 2.45) is 7.05 Å². The Hall–Kier alpha value is -3.69. The van der Waals surface area contributed by atoms with Gasteiger partial charge >= 0.3 is 0 Å². The van der Waals surface area contributed by atoms with E-state index in [1.54, 1.807) is 12.1 Å². The molecule has 0 fully saturated rings. The summed E-state index contributed by atoms with van der Waals surface area (Å²) >= 11 is 0. The fourth-order valence-electron chi connectivity index (χ4n) is 3.38. The predicted octanol–water partition coefficient (Wildman–Crippen LogP) is 2.28. The fraction of sp³-hybridized carbons (Fsp3) is 0.381. The number of carbonyl (C=O) groups excluding carboxylic acids is 1. The minimum absolute atomic E-state index is 0.0612. The number of nitrogens with two attached hydrogens (primary N) is 1. The number of fused-ring (bicyclic) bond motifs is 3. The molecule has 162 valence electrons. The van der Waals surface area contributed by atoms with Crippen LogP contribution in [0.1, 0.15) is 42.5 Å². The molecule has 2 aromatic heterocycles. The van der Waals surface area contributed by atoms with E-state index in [1.165, 1.54) is 24.0 Å². The molecule has 0 bridgehead atoms. The number of ether oxygens (including phenoxy) is 2. The van der Waals surface area contributed by atoms with Crippen LogP contribution in [0, 0.1) is 0 Å². The van der Waals surface area contributed by atoms with Crippen molar-refractivity contribution in [1.82, 2.24) is 19.5 Å². The molecule has 0 spiro atoms. The lowest BCUT2D eigenvalue weighted by Gasteiger charge is -2.16. The number of hydrogen-bond donors (Lipinski definition) is 2. The number of nitrogen functional groups attached to an aromatic ring is 1. The van der Waals surface area contributed by atoms with Gasteiger partial charge in [-0.15, -0.1) is 0 Å². The maximum absolute atomic E-state index is 13.0. The van der Waals surface area contributed by atoms with E-state index in [2.05, 4.69) is 20.3 Å². The zero-order chi connectivity index (χ0) is 21.8. The molecule has 0 saturated carbocycles. The summed E-state index contributed by atoms with van der Waals surface area (Å²) in [5.74, 6) is 0.585. The van der Waals surface area contributed by atoms with Crippen LogP contribution in [-0.2, 0) is 7.05 Å². The van der Waals surface area contributed by atoms with Crippen molar-refractivity contribution in [2.75, 3.05) is 24.3 Å². The third-order valence-corrected chi connectivity index (χ3v) is 5.12. The summed E-state index contributed by atoms with van der Waals surface area (Å²) in [5, 5.41) is 3.02. The lowest BCUT2D eigenvalue weighted by molar-refractivity contribution is 0.102. The van der Waals surface area contributed by atoms with E-state index in [0.29, 0.717) is 35.6 Å². The first-order valence-electron chi connectivity index (χ1n) is 10.2. The number of benzene rings is 1. The maximum Gasteiger partial charge on any atom is 0.262 e. The SMILES string of the molecule is Cn1c(NC(=O)c2cnc(N)nc2)nc2c3c(ccc2c1=O)OCCCCCCCO3. The van der Waals surface area contributed by atoms with E-state index in [0.717, 1.165) is 32.1 Å². The monoisotopic (exact) mass is 424 g/mol. The molecule has 0 aliphatic carbocycles. The van der Waals surface area contributed by atoms with Crippen molar-refractivity contribution in [3.8, 4) is 11.5 Å². The van der Waals surface area contributed by atoms with Gasteiger partial charge in [0.2, 0.25) is 11.9 Å². The summed E-state index contributed by atoms with van der Waals surface area (Å²) in [4.78, 5) is 37.7. The number of nitrogens with one attached hydrogen (secondary N) is 1. The molecule has 3 aromatic rings. The van der Waals surface area contributed by atoms with Crippen LogP contribution in [0.5, 0.6) is 11.5 Å². The van der Waals surface area contributed by atoms with Crippen LogP contribution in [0.25, 0.3) is 10.9 Å². The third-order valence-electron chi connectivity index (χ3n) is 5.12. The van der Waals surface area contributed by atoms with Gasteiger partial charge in [-0.25, -0.2) is 15.0 Å². The first-order chi connectivity index (χ1) is 15.0. The van der Waals surface area contributed by atoms with E-state index in [-0.39, 0.29) is 23.0 Å². The standard InChI is InChI=1S/C21H24N6O4/c1-27-19(29)14-7-8-15-17(31-10-6-4-2-3-5-9-30-15)16(14)25-21(27)26-18(28)13-11-23-20(22)24-12-13/h7-8,11-12H,2-6,9-10H2,1H3,(H2,22,23,24)(H,25,26,28). The lowest BCUT2D eigenvalue weighted by Crippen LogP contribution is -2.25. The fourth-order valence-corrected chi connectivity index (χ4v) is 3.38. The van der Waals surface area contributed by atoms with Crippen LogP contribution >= 0.6 is 0 Å². The molecule has 0 radical (unpaired) electrons. The Bertz CT molecular complexity index is 1160. The summed E-state index contributed by atoms with van der Waals surface area (Å²) < 4.78 is 13.2. The zero-order valence-corrected chi connectivity index (χ0v) is 17.3. The highest BCUT2D eigenvalue weighted by atomic mass is 16.5. The van der Waals surface area contributed by atoms with Gasteiger partial charge in [-0.3, -0.25) is 19.5 Å². The Labute approximate surface area is 178 Å². The molecule has 10 heteroatoms. The molecule has 3 N–H and O–H groups in total. The van der Waals surface area contributed by atoms with Gasteiger partial charge in [0.05, 0.1) is 24.2 Å². The molecule has 0 saturated heterocycles. The number of anilines is 2. The molecule has 4 rings (SSSR count). The van der Waals surface area contributed by atoms with E-state index in [9.17, 15) is 9.59 Å². The Morgan fingerprint density at radius 2 is 1.74 bits per heavy atom. The molecule has 1 amide bonds. The first-order valence-corrected chi connectivity index (χ1v) is 10.2. The molecule has 1 aliphatic rings. The highest BCUT2D eigenvalue weighted by molar-refractivity contribution is 6.03. The van der Waals surface area contributed by atoms with Gasteiger partial charge in [-0.1, -0.05) is 19.3 Å². The molecule has 10 nitrogen and oxygen atoms in total. The number of carbonyl (C=O) groups is 1. The minimum atomic E-state index is -0.511. The van der Waals surface area contributed by atoms with Crippen molar-refractivity contribution in [1.29, 1.82) is 0 Å². The summed E-state index contributed by atoms with van der Waals surface area (Å²) in [6.07, 6.45) is 7.77.